The molecule has 82 valence electrons. The molecular formula is C11H17NO2Si. The van der Waals surface area contributed by atoms with Gasteiger partial charge in [-0.3, -0.25) is 0 Å². The normalized spacial score (nSPS) is 23.7. The third-order valence-corrected chi connectivity index (χ3v) is 6.90. The fourth-order valence-electron chi connectivity index (χ4n) is 2.27. The smallest absolute Gasteiger partial charge is 0.381 e. The van der Waals surface area contributed by atoms with E-state index in [9.17, 15) is 0 Å². The summed E-state index contributed by atoms with van der Waals surface area (Å²) in [5, 5.41) is 0. The second kappa shape index (κ2) is 3.96. The molecule has 0 amide bonds. The average Bonchev–Trinajstić information content (AvgIpc) is 2.29. The minimum absolute atomic E-state index is 0.521. The Bertz CT molecular complexity index is 327. The molecule has 0 aliphatic carbocycles. The summed E-state index contributed by atoms with van der Waals surface area (Å²) in [5.41, 5.74) is 1.72. The molecule has 1 fully saturated rings. The van der Waals surface area contributed by atoms with Gasteiger partial charge in [-0.2, -0.15) is 0 Å². The van der Waals surface area contributed by atoms with Crippen LogP contribution >= 0.6 is 0 Å². The molecule has 1 aromatic carbocycles. The Labute approximate surface area is 91.9 Å². The quantitative estimate of drug-likeness (QED) is 0.733. The van der Waals surface area contributed by atoms with Crippen LogP contribution in [0.4, 0.5) is 5.69 Å². The molecule has 4 heteroatoms. The van der Waals surface area contributed by atoms with Crippen LogP contribution in [0.5, 0.6) is 0 Å². The zero-order chi connectivity index (χ0) is 10.9. The van der Waals surface area contributed by atoms with Crippen molar-refractivity contribution in [1.82, 2.24) is 0 Å². The summed E-state index contributed by atoms with van der Waals surface area (Å²) >= 11 is 0. The summed E-state index contributed by atoms with van der Waals surface area (Å²) < 4.78 is 13.6. The second-order valence-electron chi connectivity index (χ2n) is 3.89. The number of para-hydroxylation sites is 1. The van der Waals surface area contributed by atoms with E-state index in [2.05, 4.69) is 23.6 Å². The van der Waals surface area contributed by atoms with Crippen molar-refractivity contribution in [2.45, 2.75) is 12.5 Å². The highest BCUT2D eigenvalue weighted by molar-refractivity contribution is 6.76. The van der Waals surface area contributed by atoms with Crippen LogP contribution in [-0.4, -0.2) is 29.5 Å². The molecule has 0 N–H and O–H groups in total. The highest BCUT2D eigenvalue weighted by Gasteiger charge is 2.58. The van der Waals surface area contributed by atoms with Crippen molar-refractivity contribution in [1.29, 1.82) is 0 Å². The molecule has 15 heavy (non-hydrogen) atoms. The van der Waals surface area contributed by atoms with Gasteiger partial charge in [0.05, 0.1) is 0 Å². The molecule has 1 aromatic rings. The molecule has 1 saturated heterocycles. The van der Waals surface area contributed by atoms with Crippen molar-refractivity contribution in [3.05, 3.63) is 30.3 Å². The van der Waals surface area contributed by atoms with Crippen molar-refractivity contribution in [3.8, 4) is 0 Å². The third kappa shape index (κ3) is 1.49. The van der Waals surface area contributed by atoms with Crippen LogP contribution in [0.2, 0.25) is 5.54 Å². The summed E-state index contributed by atoms with van der Waals surface area (Å²) in [6, 6.07) is 10.3. The van der Waals surface area contributed by atoms with Gasteiger partial charge in [0.25, 0.3) is 0 Å². The van der Waals surface area contributed by atoms with E-state index in [4.69, 9.17) is 8.85 Å². The highest BCUT2D eigenvalue weighted by Crippen LogP contribution is 2.41. The van der Waals surface area contributed by atoms with Gasteiger partial charge in [-0.15, -0.1) is 0 Å². The number of hydrogen-bond acceptors (Lipinski definition) is 3. The van der Waals surface area contributed by atoms with Gasteiger partial charge in [0, 0.05) is 32.0 Å². The van der Waals surface area contributed by atoms with E-state index in [0.717, 1.165) is 6.54 Å². The van der Waals surface area contributed by atoms with Gasteiger partial charge in [-0.05, 0) is 12.1 Å². The monoisotopic (exact) mass is 223 g/mol. The lowest BCUT2D eigenvalue weighted by Crippen LogP contribution is -2.71. The van der Waals surface area contributed by atoms with Crippen molar-refractivity contribution >= 4 is 14.4 Å². The van der Waals surface area contributed by atoms with Crippen LogP contribution < -0.4 is 4.57 Å². The Balaban J connectivity index is 2.25. The first-order chi connectivity index (χ1) is 7.24. The molecule has 2 rings (SSSR count). The molecule has 0 spiro atoms. The molecule has 1 atom stereocenters. The van der Waals surface area contributed by atoms with Gasteiger partial charge in [-0.1, -0.05) is 25.1 Å². The van der Waals surface area contributed by atoms with E-state index in [1.165, 1.54) is 5.69 Å². The molecule has 1 aliphatic heterocycles. The van der Waals surface area contributed by atoms with E-state index >= 15 is 0 Å². The van der Waals surface area contributed by atoms with E-state index in [1.807, 2.05) is 18.2 Å². The van der Waals surface area contributed by atoms with E-state index in [-0.39, 0.29) is 0 Å². The fraction of sp³-hybridized carbons (Fsp3) is 0.455. The van der Waals surface area contributed by atoms with Crippen molar-refractivity contribution in [2.75, 3.05) is 25.3 Å². The molecule has 3 nitrogen and oxygen atoms in total. The predicted molar refractivity (Wildman–Crippen MR) is 63.0 cm³/mol. The number of hydrogen-bond donors (Lipinski definition) is 0. The molecule has 0 saturated carbocycles. The van der Waals surface area contributed by atoms with Gasteiger partial charge in [0.1, 0.15) is 0 Å². The second-order valence-corrected chi connectivity index (χ2v) is 7.49. The van der Waals surface area contributed by atoms with Gasteiger partial charge < -0.3 is 13.4 Å². The number of benzene rings is 1. The van der Waals surface area contributed by atoms with Gasteiger partial charge in [-0.25, -0.2) is 0 Å². The van der Waals surface area contributed by atoms with Crippen LogP contribution in [0.15, 0.2) is 30.3 Å². The van der Waals surface area contributed by atoms with Crippen LogP contribution in [-0.2, 0) is 8.85 Å². The van der Waals surface area contributed by atoms with Crippen molar-refractivity contribution in [3.63, 3.8) is 0 Å². The molecule has 0 radical (unpaired) electrons. The fourth-order valence-corrected chi connectivity index (χ4v) is 5.35. The first-order valence-electron chi connectivity index (χ1n) is 5.17. The number of nitrogens with zero attached hydrogens (tertiary/aromatic N) is 1. The molecule has 0 aromatic heterocycles. The summed E-state index contributed by atoms with van der Waals surface area (Å²) in [7, 11) is 1.37. The van der Waals surface area contributed by atoms with Gasteiger partial charge in [0.2, 0.25) is 0 Å². The Hall–Kier alpha value is -0.843. The highest BCUT2D eigenvalue weighted by atomic mass is 28.4. The van der Waals surface area contributed by atoms with Gasteiger partial charge in [0.15, 0.2) is 0 Å². The van der Waals surface area contributed by atoms with Crippen molar-refractivity contribution < 1.29 is 8.85 Å². The Morgan fingerprint density at radius 3 is 2.27 bits per heavy atom. The standard InChI is InChI=1S/C11H17NO2Si/c1-10-9-12(15(10,13-2)14-3)11-7-5-4-6-8-11/h4-8,10H,9H2,1-3H3. The maximum absolute atomic E-state index is 5.64. The Morgan fingerprint density at radius 1 is 1.20 bits per heavy atom. The van der Waals surface area contributed by atoms with E-state index in [1.54, 1.807) is 14.2 Å². The number of anilines is 1. The Morgan fingerprint density at radius 2 is 1.80 bits per heavy atom. The largest absolute Gasteiger partial charge is 0.463 e. The zero-order valence-electron chi connectivity index (χ0n) is 9.43. The average molecular weight is 223 g/mol. The first kappa shape index (κ1) is 10.7. The molecule has 1 aliphatic rings. The third-order valence-electron chi connectivity index (χ3n) is 3.11. The van der Waals surface area contributed by atoms with E-state index < -0.39 is 8.72 Å². The van der Waals surface area contributed by atoms with E-state index in [0.29, 0.717) is 5.54 Å². The van der Waals surface area contributed by atoms with Gasteiger partial charge >= 0.3 is 8.72 Å². The molecule has 0 bridgehead atoms. The van der Waals surface area contributed by atoms with Crippen LogP contribution in [0, 0.1) is 0 Å². The van der Waals surface area contributed by atoms with Crippen molar-refractivity contribution in [2.24, 2.45) is 0 Å². The molecule has 1 unspecified atom stereocenters. The SMILES string of the molecule is CO[Si]1(OC)C(C)CN1c1ccccc1. The minimum Gasteiger partial charge on any atom is -0.381 e. The van der Waals surface area contributed by atoms with Crippen LogP contribution in [0.3, 0.4) is 0 Å². The molecule has 1 heterocycles. The summed E-state index contributed by atoms with van der Waals surface area (Å²) in [5.74, 6) is 0. The minimum atomic E-state index is -2.13. The zero-order valence-corrected chi connectivity index (χ0v) is 10.4. The summed E-state index contributed by atoms with van der Waals surface area (Å²) in [6.45, 7) is 3.22. The lowest BCUT2D eigenvalue weighted by molar-refractivity contribution is 0.207. The van der Waals surface area contributed by atoms with Crippen LogP contribution in [0.1, 0.15) is 6.92 Å². The molecular weight excluding hydrogens is 206 g/mol. The lowest BCUT2D eigenvalue weighted by atomic mass is 10.3. The maximum Gasteiger partial charge on any atom is 0.463 e. The summed E-state index contributed by atoms with van der Waals surface area (Å²) in [6.07, 6.45) is 0. The first-order valence-corrected chi connectivity index (χ1v) is 7.01. The summed E-state index contributed by atoms with van der Waals surface area (Å²) in [4.78, 5) is 0. The topological polar surface area (TPSA) is 21.7 Å². The predicted octanol–water partition coefficient (Wildman–Crippen LogP) is 2.13. The maximum atomic E-state index is 5.64. The Kier molecular flexibility index (Phi) is 2.82. The van der Waals surface area contributed by atoms with Crippen LogP contribution in [0.25, 0.3) is 0 Å². The number of rotatable bonds is 3. The lowest BCUT2D eigenvalue weighted by Gasteiger charge is -2.52.